The van der Waals surface area contributed by atoms with Crippen LogP contribution in [0.5, 0.6) is 0 Å². The molecule has 0 aliphatic heterocycles. The fourth-order valence-electron chi connectivity index (χ4n) is 0.809. The van der Waals surface area contributed by atoms with Gasteiger partial charge in [-0.05, 0) is 31.4 Å². The van der Waals surface area contributed by atoms with E-state index in [1.54, 1.807) is 6.92 Å². The minimum Gasteiger partial charge on any atom is -0.402 e. The van der Waals surface area contributed by atoms with Crippen molar-refractivity contribution in [1.82, 2.24) is 0 Å². The molecule has 50 valence electrons. The number of allylic oxidation sites excluding steroid dienone is 4. The highest BCUT2D eigenvalue weighted by Crippen LogP contribution is 2.21. The summed E-state index contributed by atoms with van der Waals surface area (Å²) in [5.41, 5.74) is 6.83. The molecule has 9 heavy (non-hydrogen) atoms. The second kappa shape index (κ2) is 2.21. The summed E-state index contributed by atoms with van der Waals surface area (Å²) in [4.78, 5) is 0. The lowest BCUT2D eigenvalue weighted by atomic mass is 10.0. The van der Waals surface area contributed by atoms with E-state index in [1.165, 1.54) is 6.08 Å². The number of hydrogen-bond acceptors (Lipinski definition) is 1. The standard InChI is InChI=1S/C7H10FN/c1-5-2-3-6(9)4-7(5)8/h4H,2-3,9H2,1H3. The monoisotopic (exact) mass is 127 g/mol. The van der Waals surface area contributed by atoms with Crippen molar-refractivity contribution in [3.8, 4) is 0 Å². The molecule has 1 rings (SSSR count). The maximum atomic E-state index is 12.6. The summed E-state index contributed by atoms with van der Waals surface area (Å²) in [7, 11) is 0. The van der Waals surface area contributed by atoms with Gasteiger partial charge in [0, 0.05) is 5.70 Å². The molecule has 0 saturated heterocycles. The predicted octanol–water partition coefficient (Wildman–Crippen LogP) is 1.87. The van der Waals surface area contributed by atoms with Gasteiger partial charge in [-0.2, -0.15) is 0 Å². The molecule has 0 saturated carbocycles. The Balaban J connectivity index is 2.83. The van der Waals surface area contributed by atoms with Crippen molar-refractivity contribution >= 4 is 0 Å². The fourth-order valence-corrected chi connectivity index (χ4v) is 0.809. The van der Waals surface area contributed by atoms with E-state index in [4.69, 9.17) is 5.73 Å². The molecule has 0 bridgehead atoms. The molecule has 0 amide bonds. The van der Waals surface area contributed by atoms with Gasteiger partial charge >= 0.3 is 0 Å². The summed E-state index contributed by atoms with van der Waals surface area (Å²) in [6.45, 7) is 1.79. The van der Waals surface area contributed by atoms with Crippen molar-refractivity contribution in [3.63, 3.8) is 0 Å². The van der Waals surface area contributed by atoms with Crippen LogP contribution in [0.25, 0.3) is 0 Å². The third-order valence-corrected chi connectivity index (χ3v) is 1.51. The van der Waals surface area contributed by atoms with Gasteiger partial charge in [0.15, 0.2) is 0 Å². The van der Waals surface area contributed by atoms with Crippen LogP contribution >= 0.6 is 0 Å². The van der Waals surface area contributed by atoms with Crippen LogP contribution in [-0.2, 0) is 0 Å². The van der Waals surface area contributed by atoms with Gasteiger partial charge in [-0.25, -0.2) is 4.39 Å². The van der Waals surface area contributed by atoms with Crippen molar-refractivity contribution in [3.05, 3.63) is 23.2 Å². The number of rotatable bonds is 0. The Hall–Kier alpha value is -0.790. The lowest BCUT2D eigenvalue weighted by Gasteiger charge is -2.08. The van der Waals surface area contributed by atoms with Gasteiger partial charge in [-0.1, -0.05) is 0 Å². The largest absolute Gasteiger partial charge is 0.402 e. The van der Waals surface area contributed by atoms with Gasteiger partial charge < -0.3 is 5.73 Å². The third-order valence-electron chi connectivity index (χ3n) is 1.51. The second-order valence-corrected chi connectivity index (χ2v) is 2.35. The highest BCUT2D eigenvalue weighted by Gasteiger charge is 2.05. The van der Waals surface area contributed by atoms with Crippen LogP contribution in [0.1, 0.15) is 19.8 Å². The van der Waals surface area contributed by atoms with Gasteiger partial charge in [-0.3, -0.25) is 0 Å². The topological polar surface area (TPSA) is 26.0 Å². The predicted molar refractivity (Wildman–Crippen MR) is 35.3 cm³/mol. The Morgan fingerprint density at radius 3 is 2.67 bits per heavy atom. The van der Waals surface area contributed by atoms with Gasteiger partial charge in [0.25, 0.3) is 0 Å². The van der Waals surface area contributed by atoms with Crippen molar-refractivity contribution in [2.75, 3.05) is 0 Å². The highest BCUT2D eigenvalue weighted by molar-refractivity contribution is 5.26. The SMILES string of the molecule is CC1=C(F)C=C(N)CC1. The van der Waals surface area contributed by atoms with E-state index >= 15 is 0 Å². The van der Waals surface area contributed by atoms with E-state index in [2.05, 4.69) is 0 Å². The summed E-state index contributed by atoms with van der Waals surface area (Å²) >= 11 is 0. The first-order valence-electron chi connectivity index (χ1n) is 3.01. The summed E-state index contributed by atoms with van der Waals surface area (Å²) in [6, 6.07) is 0. The molecule has 1 nitrogen and oxygen atoms in total. The molecule has 2 heteroatoms. The lowest BCUT2D eigenvalue weighted by Crippen LogP contribution is -2.02. The first kappa shape index (κ1) is 6.33. The van der Waals surface area contributed by atoms with E-state index in [1.807, 2.05) is 0 Å². The van der Waals surface area contributed by atoms with Crippen LogP contribution in [0.3, 0.4) is 0 Å². The molecule has 0 aromatic carbocycles. The molecular formula is C7H10FN. The molecule has 0 heterocycles. The average molecular weight is 127 g/mol. The normalized spacial score (nSPS) is 20.0. The quantitative estimate of drug-likeness (QED) is 0.528. The molecule has 0 radical (unpaired) electrons. The zero-order valence-corrected chi connectivity index (χ0v) is 5.45. The summed E-state index contributed by atoms with van der Waals surface area (Å²) in [5.74, 6) is -0.154. The molecule has 2 N–H and O–H groups in total. The molecule has 0 aromatic heterocycles. The number of nitrogens with two attached hydrogens (primary N) is 1. The van der Waals surface area contributed by atoms with E-state index in [9.17, 15) is 4.39 Å². The van der Waals surface area contributed by atoms with Gasteiger partial charge in [0.1, 0.15) is 5.83 Å². The summed E-state index contributed by atoms with van der Waals surface area (Å²) < 4.78 is 12.6. The molecule has 1 aliphatic rings. The van der Waals surface area contributed by atoms with E-state index in [0.29, 0.717) is 5.70 Å². The average Bonchev–Trinajstić information content (AvgIpc) is 1.80. The lowest BCUT2D eigenvalue weighted by molar-refractivity contribution is 0.629. The van der Waals surface area contributed by atoms with Crippen molar-refractivity contribution in [2.45, 2.75) is 19.8 Å². The van der Waals surface area contributed by atoms with Crippen LogP contribution in [0, 0.1) is 0 Å². The minimum absolute atomic E-state index is 0.154. The molecule has 1 aliphatic carbocycles. The second-order valence-electron chi connectivity index (χ2n) is 2.35. The zero-order valence-electron chi connectivity index (χ0n) is 5.45. The van der Waals surface area contributed by atoms with Gasteiger partial charge in [0.05, 0.1) is 0 Å². The van der Waals surface area contributed by atoms with Crippen molar-refractivity contribution in [2.24, 2.45) is 5.73 Å². The van der Waals surface area contributed by atoms with Crippen LogP contribution in [0.4, 0.5) is 4.39 Å². The van der Waals surface area contributed by atoms with Crippen molar-refractivity contribution in [1.29, 1.82) is 0 Å². The van der Waals surface area contributed by atoms with Gasteiger partial charge in [-0.15, -0.1) is 0 Å². The third kappa shape index (κ3) is 1.31. The Morgan fingerprint density at radius 2 is 2.22 bits per heavy atom. The fraction of sp³-hybridized carbons (Fsp3) is 0.429. The van der Waals surface area contributed by atoms with Crippen LogP contribution in [0.2, 0.25) is 0 Å². The Bertz CT molecular complexity index is 179. The van der Waals surface area contributed by atoms with Crippen LogP contribution in [0.15, 0.2) is 23.2 Å². The molecular weight excluding hydrogens is 117 g/mol. The molecule has 0 spiro atoms. The Morgan fingerprint density at radius 1 is 1.56 bits per heavy atom. The van der Waals surface area contributed by atoms with E-state index in [-0.39, 0.29) is 5.83 Å². The summed E-state index contributed by atoms with van der Waals surface area (Å²) in [6.07, 6.45) is 2.98. The van der Waals surface area contributed by atoms with Crippen LogP contribution in [-0.4, -0.2) is 0 Å². The molecule has 0 aromatic rings. The summed E-state index contributed by atoms with van der Waals surface area (Å²) in [5, 5.41) is 0. The van der Waals surface area contributed by atoms with Crippen molar-refractivity contribution < 1.29 is 4.39 Å². The maximum Gasteiger partial charge on any atom is 0.123 e. The van der Waals surface area contributed by atoms with E-state index < -0.39 is 0 Å². The zero-order chi connectivity index (χ0) is 6.85. The molecule has 0 atom stereocenters. The first-order chi connectivity index (χ1) is 4.20. The number of hydrogen-bond donors (Lipinski definition) is 1. The Labute approximate surface area is 54.0 Å². The first-order valence-corrected chi connectivity index (χ1v) is 3.01. The number of halogens is 1. The van der Waals surface area contributed by atoms with Crippen LogP contribution < -0.4 is 5.73 Å². The molecule has 0 unspecified atom stereocenters. The molecule has 0 fully saturated rings. The van der Waals surface area contributed by atoms with Gasteiger partial charge in [0.2, 0.25) is 0 Å². The van der Waals surface area contributed by atoms with E-state index in [0.717, 1.165) is 18.4 Å². The minimum atomic E-state index is -0.154. The Kier molecular flexibility index (Phi) is 1.56. The smallest absolute Gasteiger partial charge is 0.123 e. The highest BCUT2D eigenvalue weighted by atomic mass is 19.1. The maximum absolute atomic E-state index is 12.6.